The third-order valence-electron chi connectivity index (χ3n) is 2.87. The first kappa shape index (κ1) is 8.63. The Balaban J connectivity index is 2.14. The third-order valence-corrected chi connectivity index (χ3v) is 2.87. The van der Waals surface area contributed by atoms with Crippen LogP contribution in [0, 0.1) is 6.92 Å². The van der Waals surface area contributed by atoms with Crippen LogP contribution >= 0.6 is 0 Å². The predicted octanol–water partition coefficient (Wildman–Crippen LogP) is 1.08. The molecule has 1 aliphatic rings. The molecule has 0 unspecified atom stereocenters. The summed E-state index contributed by atoms with van der Waals surface area (Å²) < 4.78 is 0. The summed E-state index contributed by atoms with van der Waals surface area (Å²) in [6.45, 7) is 2.02. The molecule has 1 fully saturated rings. The van der Waals surface area contributed by atoms with Crippen LogP contribution in [-0.2, 0) is 6.42 Å². The Labute approximate surface area is 78.6 Å². The van der Waals surface area contributed by atoms with Crippen molar-refractivity contribution < 1.29 is 0 Å². The van der Waals surface area contributed by atoms with Gasteiger partial charge in [0.1, 0.15) is 0 Å². The standard InChI is InChI=1S/C10H15N3/c1-8-9(13-6-5-12-8)7-10(11-2)3-4-10/h5-6,11H,3-4,7H2,1-2H3. The third kappa shape index (κ3) is 1.70. The lowest BCUT2D eigenvalue weighted by Gasteiger charge is -2.13. The van der Waals surface area contributed by atoms with E-state index in [4.69, 9.17) is 0 Å². The zero-order chi connectivity index (χ0) is 9.31. The highest BCUT2D eigenvalue weighted by molar-refractivity contribution is 5.17. The molecule has 0 aliphatic heterocycles. The van der Waals surface area contributed by atoms with Crippen LogP contribution in [0.2, 0.25) is 0 Å². The van der Waals surface area contributed by atoms with Crippen molar-refractivity contribution in [3.63, 3.8) is 0 Å². The lowest BCUT2D eigenvalue weighted by Crippen LogP contribution is -2.30. The molecule has 1 aliphatic carbocycles. The van der Waals surface area contributed by atoms with E-state index in [0.29, 0.717) is 5.54 Å². The Hall–Kier alpha value is -0.960. The number of likely N-dealkylation sites (N-methyl/N-ethyl adjacent to an activating group) is 1. The van der Waals surface area contributed by atoms with Crippen LogP contribution in [0.5, 0.6) is 0 Å². The van der Waals surface area contributed by atoms with Crippen molar-refractivity contribution >= 4 is 0 Å². The fraction of sp³-hybridized carbons (Fsp3) is 0.600. The topological polar surface area (TPSA) is 37.8 Å². The van der Waals surface area contributed by atoms with Gasteiger partial charge in [0.2, 0.25) is 0 Å². The molecule has 0 saturated heterocycles. The maximum absolute atomic E-state index is 4.35. The monoisotopic (exact) mass is 177 g/mol. The zero-order valence-electron chi connectivity index (χ0n) is 8.17. The van der Waals surface area contributed by atoms with Crippen molar-refractivity contribution in [2.75, 3.05) is 7.05 Å². The van der Waals surface area contributed by atoms with Crippen molar-refractivity contribution in [1.29, 1.82) is 0 Å². The van der Waals surface area contributed by atoms with Crippen LogP contribution in [0.3, 0.4) is 0 Å². The van der Waals surface area contributed by atoms with Gasteiger partial charge in [-0.3, -0.25) is 9.97 Å². The van der Waals surface area contributed by atoms with Crippen molar-refractivity contribution in [3.05, 3.63) is 23.8 Å². The molecule has 0 atom stereocenters. The van der Waals surface area contributed by atoms with Crippen molar-refractivity contribution in [2.45, 2.75) is 31.7 Å². The molecule has 0 bridgehead atoms. The van der Waals surface area contributed by atoms with Gasteiger partial charge < -0.3 is 5.32 Å². The lowest BCUT2D eigenvalue weighted by atomic mass is 10.1. The summed E-state index contributed by atoms with van der Waals surface area (Å²) in [5.74, 6) is 0. The molecule has 13 heavy (non-hydrogen) atoms. The number of rotatable bonds is 3. The molecule has 0 amide bonds. The molecule has 3 nitrogen and oxygen atoms in total. The van der Waals surface area contributed by atoms with Gasteiger partial charge >= 0.3 is 0 Å². The molecule has 70 valence electrons. The Morgan fingerprint density at radius 2 is 2.08 bits per heavy atom. The van der Waals surface area contributed by atoms with Crippen LogP contribution in [-0.4, -0.2) is 22.6 Å². The number of hydrogen-bond donors (Lipinski definition) is 1. The van der Waals surface area contributed by atoms with Crippen molar-refractivity contribution in [1.82, 2.24) is 15.3 Å². The molecular weight excluding hydrogens is 162 g/mol. The molecule has 0 radical (unpaired) electrons. The second kappa shape index (κ2) is 3.07. The number of aromatic nitrogens is 2. The molecule has 3 heteroatoms. The van der Waals surface area contributed by atoms with Crippen molar-refractivity contribution in [3.8, 4) is 0 Å². The highest BCUT2D eigenvalue weighted by Crippen LogP contribution is 2.37. The SMILES string of the molecule is CNC1(Cc2nccnc2C)CC1. The average Bonchev–Trinajstić information content (AvgIpc) is 2.90. The second-order valence-electron chi connectivity index (χ2n) is 3.80. The number of aryl methyl sites for hydroxylation is 1. The van der Waals surface area contributed by atoms with Crippen LogP contribution in [0.15, 0.2) is 12.4 Å². The Kier molecular flexibility index (Phi) is 2.04. The molecule has 0 aromatic carbocycles. The van der Waals surface area contributed by atoms with Gasteiger partial charge in [0.25, 0.3) is 0 Å². The summed E-state index contributed by atoms with van der Waals surface area (Å²) >= 11 is 0. The first-order valence-corrected chi connectivity index (χ1v) is 4.71. The van der Waals surface area contributed by atoms with Crippen LogP contribution in [0.25, 0.3) is 0 Å². The van der Waals surface area contributed by atoms with E-state index in [1.165, 1.54) is 12.8 Å². The van der Waals surface area contributed by atoms with E-state index in [-0.39, 0.29) is 0 Å². The van der Waals surface area contributed by atoms with E-state index in [1.807, 2.05) is 14.0 Å². The maximum atomic E-state index is 4.35. The highest BCUT2D eigenvalue weighted by atomic mass is 15.0. The van der Waals surface area contributed by atoms with Crippen LogP contribution < -0.4 is 5.32 Å². The smallest absolute Gasteiger partial charge is 0.0634 e. The molecular formula is C10H15N3. The first-order chi connectivity index (χ1) is 6.26. The fourth-order valence-corrected chi connectivity index (χ4v) is 1.60. The van der Waals surface area contributed by atoms with Gasteiger partial charge in [-0.1, -0.05) is 0 Å². The maximum Gasteiger partial charge on any atom is 0.0634 e. The Morgan fingerprint density at radius 3 is 2.62 bits per heavy atom. The van der Waals surface area contributed by atoms with Gasteiger partial charge in [-0.25, -0.2) is 0 Å². The van der Waals surface area contributed by atoms with Gasteiger partial charge in [-0.05, 0) is 26.8 Å². The van der Waals surface area contributed by atoms with E-state index in [2.05, 4.69) is 15.3 Å². The molecule has 1 aromatic rings. The summed E-state index contributed by atoms with van der Waals surface area (Å²) in [5, 5.41) is 3.36. The van der Waals surface area contributed by atoms with Gasteiger partial charge in [-0.15, -0.1) is 0 Å². The molecule has 1 heterocycles. The predicted molar refractivity (Wildman–Crippen MR) is 51.5 cm³/mol. The van der Waals surface area contributed by atoms with Gasteiger partial charge in [-0.2, -0.15) is 0 Å². The minimum Gasteiger partial charge on any atom is -0.314 e. The number of nitrogens with zero attached hydrogens (tertiary/aromatic N) is 2. The number of hydrogen-bond acceptors (Lipinski definition) is 3. The Bertz CT molecular complexity index is 305. The van der Waals surface area contributed by atoms with Gasteiger partial charge in [0.05, 0.1) is 11.4 Å². The van der Waals surface area contributed by atoms with Crippen LogP contribution in [0.1, 0.15) is 24.2 Å². The summed E-state index contributed by atoms with van der Waals surface area (Å²) in [4.78, 5) is 8.58. The van der Waals surface area contributed by atoms with Crippen LogP contribution in [0.4, 0.5) is 0 Å². The van der Waals surface area contributed by atoms with E-state index in [1.54, 1.807) is 12.4 Å². The molecule has 2 rings (SSSR count). The first-order valence-electron chi connectivity index (χ1n) is 4.71. The summed E-state index contributed by atoms with van der Waals surface area (Å²) in [6, 6.07) is 0. The molecule has 1 aromatic heterocycles. The molecule has 0 spiro atoms. The largest absolute Gasteiger partial charge is 0.314 e. The fourth-order valence-electron chi connectivity index (χ4n) is 1.60. The summed E-state index contributed by atoms with van der Waals surface area (Å²) in [6.07, 6.45) is 7.06. The summed E-state index contributed by atoms with van der Waals surface area (Å²) in [7, 11) is 2.03. The Morgan fingerprint density at radius 1 is 1.38 bits per heavy atom. The highest BCUT2D eigenvalue weighted by Gasteiger charge is 2.41. The van der Waals surface area contributed by atoms with E-state index in [0.717, 1.165) is 17.8 Å². The quantitative estimate of drug-likeness (QED) is 0.750. The molecule has 1 saturated carbocycles. The molecule has 1 N–H and O–H groups in total. The second-order valence-corrected chi connectivity index (χ2v) is 3.80. The van der Waals surface area contributed by atoms with E-state index < -0.39 is 0 Å². The van der Waals surface area contributed by atoms with E-state index >= 15 is 0 Å². The lowest BCUT2D eigenvalue weighted by molar-refractivity contribution is 0.539. The minimum atomic E-state index is 0.334. The van der Waals surface area contributed by atoms with Gasteiger partial charge in [0.15, 0.2) is 0 Å². The van der Waals surface area contributed by atoms with Gasteiger partial charge in [0, 0.05) is 24.4 Å². The van der Waals surface area contributed by atoms with Crippen molar-refractivity contribution in [2.24, 2.45) is 0 Å². The minimum absolute atomic E-state index is 0.334. The summed E-state index contributed by atoms with van der Waals surface area (Å²) in [5.41, 5.74) is 2.53. The average molecular weight is 177 g/mol. The van der Waals surface area contributed by atoms with E-state index in [9.17, 15) is 0 Å². The zero-order valence-corrected chi connectivity index (χ0v) is 8.17. The number of nitrogens with one attached hydrogen (secondary N) is 1. The normalized spacial score (nSPS) is 18.6.